The van der Waals surface area contributed by atoms with Crippen molar-refractivity contribution in [3.05, 3.63) is 52.4 Å². The molecule has 1 N–H and O–H groups in total. The number of thiocarbonyl (C=S) groups is 1. The number of furan rings is 1. The number of hydrogen-bond donors (Lipinski definition) is 1. The molecule has 0 bridgehead atoms. The highest BCUT2D eigenvalue weighted by atomic mass is 32.2. The Morgan fingerprint density at radius 2 is 1.94 bits per heavy atom. The summed E-state index contributed by atoms with van der Waals surface area (Å²) in [5.74, 6) is -2.02. The maximum absolute atomic E-state index is 14.1. The van der Waals surface area contributed by atoms with Gasteiger partial charge in [-0.15, -0.1) is 0 Å². The number of alkyl halides is 3. The summed E-state index contributed by atoms with van der Waals surface area (Å²) in [4.78, 5) is 24.8. The molecule has 1 aromatic heterocycles. The van der Waals surface area contributed by atoms with E-state index in [4.69, 9.17) is 21.7 Å². The van der Waals surface area contributed by atoms with Gasteiger partial charge in [0.2, 0.25) is 0 Å². The number of carboxylic acid groups (broad SMARTS) is 1. The highest BCUT2D eigenvalue weighted by Gasteiger charge is 2.33. The molecule has 0 spiro atoms. The van der Waals surface area contributed by atoms with Crippen LogP contribution in [0.5, 0.6) is 0 Å². The van der Waals surface area contributed by atoms with E-state index in [0.29, 0.717) is 42.3 Å². The summed E-state index contributed by atoms with van der Waals surface area (Å²) in [5, 5.41) is 8.65. The maximum Gasteiger partial charge on any atom is 0.416 e. The highest BCUT2D eigenvalue weighted by molar-refractivity contribution is 8.26. The summed E-state index contributed by atoms with van der Waals surface area (Å²) in [6.45, 7) is 0.348. The number of rotatable bonds is 8. The topological polar surface area (TPSA) is 70.8 Å². The lowest BCUT2D eigenvalue weighted by Crippen LogP contribution is -2.29. The molecule has 2 heterocycles. The fraction of sp³-hybridized carbons (Fsp3) is 0.286. The lowest BCUT2D eigenvalue weighted by Gasteiger charge is -2.13. The molecule has 1 saturated heterocycles. The first kappa shape index (κ1) is 24.0. The number of benzene rings is 1. The van der Waals surface area contributed by atoms with Crippen LogP contribution in [0.1, 0.15) is 37.0 Å². The van der Waals surface area contributed by atoms with Crippen LogP contribution in [-0.4, -0.2) is 32.7 Å². The minimum atomic E-state index is -4.63. The number of carbonyl (C=O) groups excluding carboxylic acids is 1. The third-order valence-electron chi connectivity index (χ3n) is 4.61. The van der Waals surface area contributed by atoms with Gasteiger partial charge >= 0.3 is 12.1 Å². The number of carboxylic acids is 1. The molecule has 0 aliphatic carbocycles. The molecule has 0 unspecified atom stereocenters. The Hall–Kier alpha value is -2.66. The van der Waals surface area contributed by atoms with E-state index >= 15 is 0 Å². The van der Waals surface area contributed by atoms with Crippen molar-refractivity contribution in [2.24, 2.45) is 0 Å². The van der Waals surface area contributed by atoms with Gasteiger partial charge in [0.1, 0.15) is 21.7 Å². The molecule has 2 aromatic rings. The zero-order valence-electron chi connectivity index (χ0n) is 16.4. The summed E-state index contributed by atoms with van der Waals surface area (Å²) < 4.78 is 58.7. The molecule has 1 aliphatic heterocycles. The number of aliphatic carboxylic acids is 1. The summed E-state index contributed by atoms with van der Waals surface area (Å²) in [7, 11) is 0. The number of carbonyl (C=O) groups is 2. The van der Waals surface area contributed by atoms with E-state index in [-0.39, 0.29) is 34.3 Å². The first-order chi connectivity index (χ1) is 15.1. The molecule has 1 aliphatic rings. The van der Waals surface area contributed by atoms with Crippen LogP contribution in [0.2, 0.25) is 0 Å². The van der Waals surface area contributed by atoms with Crippen LogP contribution in [-0.2, 0) is 15.8 Å². The molecule has 0 radical (unpaired) electrons. The Balaban J connectivity index is 1.71. The van der Waals surface area contributed by atoms with Crippen molar-refractivity contribution in [3.8, 4) is 11.3 Å². The van der Waals surface area contributed by atoms with Crippen LogP contribution in [0.3, 0.4) is 0 Å². The van der Waals surface area contributed by atoms with E-state index in [1.54, 1.807) is 0 Å². The molecular weight excluding hydrogens is 470 g/mol. The highest BCUT2D eigenvalue weighted by Crippen LogP contribution is 2.36. The van der Waals surface area contributed by atoms with E-state index in [1.165, 1.54) is 23.1 Å². The predicted octanol–water partition coefficient (Wildman–Crippen LogP) is 5.95. The zero-order chi connectivity index (χ0) is 23.5. The van der Waals surface area contributed by atoms with Gasteiger partial charge in [-0.2, -0.15) is 13.2 Å². The van der Waals surface area contributed by atoms with E-state index < -0.39 is 23.5 Å². The van der Waals surface area contributed by atoms with Crippen LogP contribution in [0.15, 0.2) is 39.7 Å². The predicted molar refractivity (Wildman–Crippen MR) is 115 cm³/mol. The average Bonchev–Trinajstić information content (AvgIpc) is 3.26. The summed E-state index contributed by atoms with van der Waals surface area (Å²) in [6.07, 6.45) is -1.44. The van der Waals surface area contributed by atoms with Crippen molar-refractivity contribution in [3.63, 3.8) is 0 Å². The zero-order valence-corrected chi connectivity index (χ0v) is 18.1. The lowest BCUT2D eigenvalue weighted by molar-refractivity contribution is -0.138. The molecule has 32 heavy (non-hydrogen) atoms. The largest absolute Gasteiger partial charge is 0.481 e. The fourth-order valence-electron chi connectivity index (χ4n) is 3.01. The average molecular weight is 487 g/mol. The molecule has 1 amide bonds. The van der Waals surface area contributed by atoms with Crippen molar-refractivity contribution < 1.29 is 36.7 Å². The minimum Gasteiger partial charge on any atom is -0.481 e. The number of nitrogens with zero attached hydrogens (tertiary/aromatic N) is 1. The van der Waals surface area contributed by atoms with Gasteiger partial charge in [-0.1, -0.05) is 30.4 Å². The van der Waals surface area contributed by atoms with Crippen LogP contribution in [0.25, 0.3) is 17.4 Å². The van der Waals surface area contributed by atoms with Crippen molar-refractivity contribution >= 4 is 46.3 Å². The van der Waals surface area contributed by atoms with Crippen molar-refractivity contribution in [2.75, 3.05) is 6.54 Å². The SMILES string of the molecule is O=C(O)CCCCCN1C(=O)C(=Cc2ccc(-c3cc(C(F)(F)F)ccc3F)o2)SC1=S. The quantitative estimate of drug-likeness (QED) is 0.215. The van der Waals surface area contributed by atoms with E-state index in [1.807, 2.05) is 0 Å². The van der Waals surface area contributed by atoms with Crippen LogP contribution in [0.4, 0.5) is 17.6 Å². The van der Waals surface area contributed by atoms with Crippen LogP contribution in [0, 0.1) is 5.82 Å². The van der Waals surface area contributed by atoms with Gasteiger partial charge in [-0.05, 0) is 43.2 Å². The van der Waals surface area contributed by atoms with Gasteiger partial charge in [-0.3, -0.25) is 14.5 Å². The fourth-order valence-corrected chi connectivity index (χ4v) is 4.30. The smallest absolute Gasteiger partial charge is 0.416 e. The van der Waals surface area contributed by atoms with Crippen LogP contribution < -0.4 is 0 Å². The van der Waals surface area contributed by atoms with E-state index in [9.17, 15) is 27.2 Å². The van der Waals surface area contributed by atoms with Gasteiger partial charge in [-0.25, -0.2) is 4.39 Å². The van der Waals surface area contributed by atoms with Crippen molar-refractivity contribution in [2.45, 2.75) is 31.9 Å². The number of amides is 1. The van der Waals surface area contributed by atoms with Gasteiger partial charge in [0.05, 0.1) is 16.0 Å². The molecule has 1 fully saturated rings. The summed E-state index contributed by atoms with van der Waals surface area (Å²) in [5.41, 5.74) is -1.34. The molecule has 1 aromatic carbocycles. The summed E-state index contributed by atoms with van der Waals surface area (Å²) >= 11 is 6.28. The van der Waals surface area contributed by atoms with Gasteiger partial charge in [0.15, 0.2) is 0 Å². The molecule has 0 saturated carbocycles. The van der Waals surface area contributed by atoms with Gasteiger partial charge in [0, 0.05) is 19.0 Å². The lowest BCUT2D eigenvalue weighted by atomic mass is 10.1. The number of halogens is 4. The minimum absolute atomic E-state index is 0.0611. The molecule has 5 nitrogen and oxygen atoms in total. The second-order valence-corrected chi connectivity index (χ2v) is 8.61. The third kappa shape index (κ3) is 5.77. The Morgan fingerprint density at radius 1 is 1.19 bits per heavy atom. The Labute approximate surface area is 190 Å². The van der Waals surface area contributed by atoms with Gasteiger partial charge < -0.3 is 9.52 Å². The number of hydrogen-bond acceptors (Lipinski definition) is 5. The van der Waals surface area contributed by atoms with Crippen molar-refractivity contribution in [1.82, 2.24) is 4.90 Å². The Bertz CT molecular complexity index is 1080. The molecule has 11 heteroatoms. The molecule has 170 valence electrons. The monoisotopic (exact) mass is 487 g/mol. The van der Waals surface area contributed by atoms with Gasteiger partial charge in [0.25, 0.3) is 5.91 Å². The number of thioether (sulfide) groups is 1. The first-order valence-corrected chi connectivity index (χ1v) is 10.7. The number of unbranched alkanes of at least 4 members (excludes halogenated alkanes) is 2. The van der Waals surface area contributed by atoms with E-state index in [2.05, 4.69) is 0 Å². The first-order valence-electron chi connectivity index (χ1n) is 9.50. The Morgan fingerprint density at radius 3 is 2.62 bits per heavy atom. The normalized spacial score (nSPS) is 15.8. The Kier molecular flexibility index (Phi) is 7.40. The molecule has 3 rings (SSSR count). The van der Waals surface area contributed by atoms with E-state index in [0.717, 1.165) is 17.8 Å². The standard InChI is InChI=1S/C21H17F4NO4S2/c22-15-7-5-12(21(23,24)25)10-14(15)16-8-6-13(30-16)11-17-19(29)26(20(31)32-17)9-3-1-2-4-18(27)28/h5-8,10-11H,1-4,9H2,(H,27,28). The maximum atomic E-state index is 14.1. The summed E-state index contributed by atoms with van der Waals surface area (Å²) in [6, 6.07) is 4.79. The second kappa shape index (κ2) is 9.86. The van der Waals surface area contributed by atoms with Crippen LogP contribution >= 0.6 is 24.0 Å². The molecule has 0 atom stereocenters. The third-order valence-corrected chi connectivity index (χ3v) is 5.98. The second-order valence-electron chi connectivity index (χ2n) is 6.93. The molecular formula is C21H17F4NO4S2. The van der Waals surface area contributed by atoms with Crippen molar-refractivity contribution in [1.29, 1.82) is 0 Å².